The maximum Gasteiger partial charge on any atom is 0.279 e. The fourth-order valence-electron chi connectivity index (χ4n) is 3.29. The summed E-state index contributed by atoms with van der Waals surface area (Å²) < 4.78 is 5.37. The SMILES string of the molecule is C[C@H](NC(=O)C[NH+](C)CC(=O)Nc1ccc(N2CCOCC2)cc1)c1cccs1. The lowest BCUT2D eigenvalue weighted by molar-refractivity contribution is -0.862. The first kappa shape index (κ1) is 21.3. The van der Waals surface area contributed by atoms with Crippen LogP contribution >= 0.6 is 11.3 Å². The molecule has 3 N–H and O–H groups in total. The quantitative estimate of drug-likeness (QED) is 0.597. The summed E-state index contributed by atoms with van der Waals surface area (Å²) in [6.07, 6.45) is 0. The van der Waals surface area contributed by atoms with Crippen LogP contribution in [-0.2, 0) is 14.3 Å². The van der Waals surface area contributed by atoms with Crippen LogP contribution in [0, 0.1) is 0 Å². The summed E-state index contributed by atoms with van der Waals surface area (Å²) in [5.74, 6) is -0.174. The topological polar surface area (TPSA) is 75.1 Å². The Morgan fingerprint density at radius 3 is 2.48 bits per heavy atom. The molecule has 2 atom stereocenters. The Morgan fingerprint density at radius 2 is 1.83 bits per heavy atom. The van der Waals surface area contributed by atoms with Gasteiger partial charge >= 0.3 is 0 Å². The largest absolute Gasteiger partial charge is 0.378 e. The standard InChI is InChI=1S/C21H28N4O3S/c1-16(19-4-3-13-29-19)22-20(26)14-24(2)15-21(27)23-17-5-7-18(8-6-17)25-9-11-28-12-10-25/h3-8,13,16H,9-12,14-15H2,1-2H3,(H,22,26)(H,23,27)/p+1/t16-/m0/s1. The smallest absolute Gasteiger partial charge is 0.279 e. The van der Waals surface area contributed by atoms with Gasteiger partial charge in [-0.2, -0.15) is 0 Å². The number of carbonyl (C=O) groups excluding carboxylic acids is 2. The van der Waals surface area contributed by atoms with Crippen molar-refractivity contribution in [2.45, 2.75) is 13.0 Å². The molecule has 8 heteroatoms. The van der Waals surface area contributed by atoms with Crippen molar-refractivity contribution in [1.82, 2.24) is 5.32 Å². The van der Waals surface area contributed by atoms with E-state index in [0.717, 1.165) is 47.5 Å². The van der Waals surface area contributed by atoms with E-state index < -0.39 is 0 Å². The summed E-state index contributed by atoms with van der Waals surface area (Å²) in [6, 6.07) is 11.8. The summed E-state index contributed by atoms with van der Waals surface area (Å²) in [5.41, 5.74) is 1.89. The van der Waals surface area contributed by atoms with Crippen LogP contribution in [0.15, 0.2) is 41.8 Å². The molecule has 1 aromatic heterocycles. The number of quaternary nitrogens is 1. The Morgan fingerprint density at radius 1 is 1.14 bits per heavy atom. The van der Waals surface area contributed by atoms with Crippen LogP contribution in [0.2, 0.25) is 0 Å². The van der Waals surface area contributed by atoms with E-state index in [9.17, 15) is 9.59 Å². The molecule has 1 unspecified atom stereocenters. The number of carbonyl (C=O) groups is 2. The highest BCUT2D eigenvalue weighted by atomic mass is 32.1. The number of hydrogen-bond acceptors (Lipinski definition) is 5. The minimum atomic E-state index is -0.110. The third kappa shape index (κ3) is 6.56. The van der Waals surface area contributed by atoms with Crippen molar-refractivity contribution in [3.63, 3.8) is 0 Å². The molecule has 1 saturated heterocycles. The molecule has 0 saturated carbocycles. The van der Waals surface area contributed by atoms with Crippen LogP contribution in [0.1, 0.15) is 17.8 Å². The summed E-state index contributed by atoms with van der Waals surface area (Å²) >= 11 is 1.62. The van der Waals surface area contributed by atoms with Gasteiger partial charge in [0.15, 0.2) is 13.1 Å². The molecule has 0 radical (unpaired) electrons. The highest BCUT2D eigenvalue weighted by Gasteiger charge is 2.17. The zero-order chi connectivity index (χ0) is 20.6. The molecule has 0 spiro atoms. The second-order valence-corrected chi connectivity index (χ2v) is 8.29. The second-order valence-electron chi connectivity index (χ2n) is 7.31. The number of nitrogens with one attached hydrogen (secondary N) is 3. The predicted octanol–water partition coefficient (Wildman–Crippen LogP) is 0.915. The van der Waals surface area contributed by atoms with Gasteiger partial charge in [0.2, 0.25) is 0 Å². The zero-order valence-corrected chi connectivity index (χ0v) is 17.8. The molecule has 1 aliphatic heterocycles. The van der Waals surface area contributed by atoms with Crippen LogP contribution in [0.4, 0.5) is 11.4 Å². The molecular formula is C21H29N4O3S+. The third-order valence-electron chi connectivity index (χ3n) is 4.80. The Kier molecular flexibility index (Phi) is 7.62. The highest BCUT2D eigenvalue weighted by Crippen LogP contribution is 2.19. The van der Waals surface area contributed by atoms with Gasteiger partial charge in [-0.1, -0.05) is 6.07 Å². The molecular weight excluding hydrogens is 388 g/mol. The lowest BCUT2D eigenvalue weighted by atomic mass is 10.2. The zero-order valence-electron chi connectivity index (χ0n) is 16.9. The van der Waals surface area contributed by atoms with Gasteiger partial charge in [-0.15, -0.1) is 11.3 Å². The van der Waals surface area contributed by atoms with Gasteiger partial charge in [-0.05, 0) is 42.6 Å². The molecule has 2 amide bonds. The number of nitrogens with zero attached hydrogens (tertiary/aromatic N) is 1. The molecule has 0 bridgehead atoms. The molecule has 2 heterocycles. The normalized spacial score (nSPS) is 16.1. The van der Waals surface area contributed by atoms with E-state index in [0.29, 0.717) is 0 Å². The van der Waals surface area contributed by atoms with Crippen molar-refractivity contribution in [1.29, 1.82) is 0 Å². The second kappa shape index (κ2) is 10.4. The van der Waals surface area contributed by atoms with Crippen LogP contribution in [0.3, 0.4) is 0 Å². The highest BCUT2D eigenvalue weighted by molar-refractivity contribution is 7.10. The molecule has 1 fully saturated rings. The molecule has 1 aromatic carbocycles. The lowest BCUT2D eigenvalue weighted by Gasteiger charge is -2.28. The van der Waals surface area contributed by atoms with Gasteiger partial charge in [0, 0.05) is 29.3 Å². The number of hydrogen-bond donors (Lipinski definition) is 3. The predicted molar refractivity (Wildman–Crippen MR) is 116 cm³/mol. The summed E-state index contributed by atoms with van der Waals surface area (Å²) in [6.45, 7) is 5.69. The van der Waals surface area contributed by atoms with E-state index in [-0.39, 0.29) is 30.9 Å². The van der Waals surface area contributed by atoms with Crippen molar-refractivity contribution < 1.29 is 19.2 Å². The van der Waals surface area contributed by atoms with Crippen molar-refractivity contribution in [3.8, 4) is 0 Å². The maximum absolute atomic E-state index is 12.3. The maximum atomic E-state index is 12.3. The molecule has 2 aromatic rings. The van der Waals surface area contributed by atoms with E-state index >= 15 is 0 Å². The number of thiophene rings is 1. The van der Waals surface area contributed by atoms with Gasteiger partial charge in [0.1, 0.15) is 0 Å². The van der Waals surface area contributed by atoms with Crippen molar-refractivity contribution in [2.24, 2.45) is 0 Å². The minimum absolute atomic E-state index is 0.0193. The summed E-state index contributed by atoms with van der Waals surface area (Å²) in [4.78, 5) is 28.7. The average Bonchev–Trinajstić information content (AvgIpc) is 3.24. The van der Waals surface area contributed by atoms with Gasteiger partial charge in [-0.3, -0.25) is 9.59 Å². The van der Waals surface area contributed by atoms with Gasteiger partial charge in [0.05, 0.1) is 26.3 Å². The number of ether oxygens (including phenoxy) is 1. The Bertz CT molecular complexity index is 789. The number of anilines is 2. The number of likely N-dealkylation sites (N-methyl/N-ethyl adjacent to an activating group) is 1. The van der Waals surface area contributed by atoms with Crippen LogP contribution in [-0.4, -0.2) is 58.3 Å². The Labute approximate surface area is 175 Å². The third-order valence-corrected chi connectivity index (χ3v) is 5.85. The molecule has 29 heavy (non-hydrogen) atoms. The van der Waals surface area contributed by atoms with Crippen molar-refractivity contribution in [3.05, 3.63) is 46.7 Å². The summed E-state index contributed by atoms with van der Waals surface area (Å²) in [5, 5.41) is 7.88. The first-order chi connectivity index (χ1) is 14.0. The van der Waals surface area contributed by atoms with Crippen molar-refractivity contribution >= 4 is 34.5 Å². The van der Waals surface area contributed by atoms with E-state index in [2.05, 4.69) is 15.5 Å². The fourth-order valence-corrected chi connectivity index (χ4v) is 4.03. The van der Waals surface area contributed by atoms with Gasteiger partial charge in [-0.25, -0.2) is 0 Å². The van der Waals surface area contributed by atoms with Crippen molar-refractivity contribution in [2.75, 3.05) is 56.7 Å². The van der Waals surface area contributed by atoms with Gasteiger partial charge < -0.3 is 25.2 Å². The number of rotatable bonds is 8. The Balaban J connectivity index is 1.41. The first-order valence-corrected chi connectivity index (χ1v) is 10.8. The molecule has 0 aliphatic carbocycles. The Hall–Kier alpha value is -2.42. The number of morpholine rings is 1. The fraction of sp³-hybridized carbons (Fsp3) is 0.429. The number of benzene rings is 1. The van der Waals surface area contributed by atoms with Crippen LogP contribution < -0.4 is 20.4 Å². The number of amides is 2. The van der Waals surface area contributed by atoms with Crippen LogP contribution in [0.25, 0.3) is 0 Å². The molecule has 1 aliphatic rings. The van der Waals surface area contributed by atoms with Gasteiger partial charge in [0.25, 0.3) is 11.8 Å². The summed E-state index contributed by atoms with van der Waals surface area (Å²) in [7, 11) is 1.84. The lowest BCUT2D eigenvalue weighted by Crippen LogP contribution is -3.11. The first-order valence-electron chi connectivity index (χ1n) is 9.88. The molecule has 7 nitrogen and oxygen atoms in total. The average molecular weight is 418 g/mol. The van der Waals surface area contributed by atoms with E-state index in [1.54, 1.807) is 11.3 Å². The van der Waals surface area contributed by atoms with E-state index in [1.165, 1.54) is 0 Å². The van der Waals surface area contributed by atoms with Crippen LogP contribution in [0.5, 0.6) is 0 Å². The monoisotopic (exact) mass is 417 g/mol. The minimum Gasteiger partial charge on any atom is -0.378 e. The van der Waals surface area contributed by atoms with E-state index in [1.807, 2.05) is 55.7 Å². The molecule has 156 valence electrons. The van der Waals surface area contributed by atoms with E-state index in [4.69, 9.17) is 4.74 Å². The molecule has 3 rings (SSSR count).